The van der Waals surface area contributed by atoms with Crippen molar-refractivity contribution < 1.29 is 9.59 Å². The molecule has 0 unspecified atom stereocenters. The maximum absolute atomic E-state index is 12.7. The Balaban J connectivity index is 2.23. The molecule has 2 aliphatic rings. The van der Waals surface area contributed by atoms with Crippen molar-refractivity contribution in [2.75, 3.05) is 11.9 Å². The number of halogens is 1. The number of nitrogens with zero attached hydrogens (tertiary/aromatic N) is 1. The molecule has 1 heterocycles. The first-order valence-corrected chi connectivity index (χ1v) is 7.01. The molecule has 0 bridgehead atoms. The predicted octanol–water partition coefficient (Wildman–Crippen LogP) is 2.97. The van der Waals surface area contributed by atoms with Gasteiger partial charge < -0.3 is 4.90 Å². The molecule has 4 heteroatoms. The molecule has 1 aromatic carbocycles. The molecule has 0 fully saturated rings. The number of hydrogen-bond acceptors (Lipinski definition) is 2. The van der Waals surface area contributed by atoms with E-state index in [1.165, 1.54) is 0 Å². The van der Waals surface area contributed by atoms with Crippen LogP contribution in [0.15, 0.2) is 34.3 Å². The van der Waals surface area contributed by atoms with Crippen LogP contribution in [0.1, 0.15) is 25.3 Å². The normalized spacial score (nSPS) is 25.8. The maximum Gasteiger partial charge on any atom is 0.238 e. The van der Waals surface area contributed by atoms with E-state index in [1.54, 1.807) is 18.0 Å². The number of carbonyl (C=O) groups is 2. The highest BCUT2D eigenvalue weighted by molar-refractivity contribution is 9.10. The SMILES string of the molecule is CC1=CC(=O)C[C@]2(C1)C(=O)N(C)c1ccc(Br)cc12. The predicted molar refractivity (Wildman–Crippen MR) is 77.2 cm³/mol. The van der Waals surface area contributed by atoms with Gasteiger partial charge in [0.25, 0.3) is 0 Å². The van der Waals surface area contributed by atoms with Gasteiger partial charge in [-0.1, -0.05) is 21.5 Å². The third-order valence-corrected chi connectivity index (χ3v) is 4.51. The van der Waals surface area contributed by atoms with Crippen molar-refractivity contribution in [1.29, 1.82) is 0 Å². The molecule has 1 atom stereocenters. The molecule has 3 rings (SSSR count). The molecule has 0 saturated heterocycles. The van der Waals surface area contributed by atoms with E-state index < -0.39 is 5.41 Å². The van der Waals surface area contributed by atoms with Crippen LogP contribution in [0.3, 0.4) is 0 Å². The number of benzene rings is 1. The van der Waals surface area contributed by atoms with Crippen molar-refractivity contribution in [3.63, 3.8) is 0 Å². The topological polar surface area (TPSA) is 37.4 Å². The number of hydrogen-bond donors (Lipinski definition) is 0. The lowest BCUT2D eigenvalue weighted by Gasteiger charge is -2.30. The van der Waals surface area contributed by atoms with Crippen LogP contribution in [0.25, 0.3) is 0 Å². The molecule has 0 N–H and O–H groups in total. The van der Waals surface area contributed by atoms with Gasteiger partial charge in [-0.2, -0.15) is 0 Å². The van der Waals surface area contributed by atoms with Gasteiger partial charge in [0.15, 0.2) is 5.78 Å². The quantitative estimate of drug-likeness (QED) is 0.737. The summed E-state index contributed by atoms with van der Waals surface area (Å²) < 4.78 is 0.938. The Morgan fingerprint density at radius 3 is 2.68 bits per heavy atom. The van der Waals surface area contributed by atoms with Crippen LogP contribution < -0.4 is 4.90 Å². The summed E-state index contributed by atoms with van der Waals surface area (Å²) in [5, 5.41) is 0. The number of amides is 1. The minimum atomic E-state index is -0.691. The van der Waals surface area contributed by atoms with Crippen molar-refractivity contribution in [3.05, 3.63) is 39.9 Å². The number of ketones is 1. The van der Waals surface area contributed by atoms with E-state index in [-0.39, 0.29) is 18.1 Å². The minimum absolute atomic E-state index is 0.0291. The summed E-state index contributed by atoms with van der Waals surface area (Å²) in [6.45, 7) is 1.92. The number of carbonyl (C=O) groups excluding carboxylic acids is 2. The maximum atomic E-state index is 12.7. The molecule has 3 nitrogen and oxygen atoms in total. The van der Waals surface area contributed by atoms with Gasteiger partial charge in [0.2, 0.25) is 5.91 Å². The lowest BCUT2D eigenvalue weighted by molar-refractivity contribution is -0.127. The highest BCUT2D eigenvalue weighted by Gasteiger charge is 2.51. The number of anilines is 1. The molecular formula is C15H14BrNO2. The Kier molecular flexibility index (Phi) is 2.68. The molecule has 1 aliphatic carbocycles. The van der Waals surface area contributed by atoms with Crippen molar-refractivity contribution in [2.45, 2.75) is 25.2 Å². The zero-order valence-electron chi connectivity index (χ0n) is 10.9. The molecule has 1 aromatic rings. The summed E-state index contributed by atoms with van der Waals surface area (Å²) in [6, 6.07) is 5.84. The molecule has 19 heavy (non-hydrogen) atoms. The third kappa shape index (κ3) is 1.70. The van der Waals surface area contributed by atoms with Gasteiger partial charge >= 0.3 is 0 Å². The fraction of sp³-hybridized carbons (Fsp3) is 0.333. The van der Waals surface area contributed by atoms with E-state index >= 15 is 0 Å². The van der Waals surface area contributed by atoms with E-state index in [2.05, 4.69) is 15.9 Å². The van der Waals surface area contributed by atoms with Crippen LogP contribution in [-0.4, -0.2) is 18.7 Å². The van der Waals surface area contributed by atoms with Crippen molar-refractivity contribution >= 4 is 33.3 Å². The Labute approximate surface area is 120 Å². The Hall–Kier alpha value is -1.42. The summed E-state index contributed by atoms with van der Waals surface area (Å²) in [5.74, 6) is 0.0692. The summed E-state index contributed by atoms with van der Waals surface area (Å²) >= 11 is 3.46. The monoisotopic (exact) mass is 319 g/mol. The molecule has 1 amide bonds. The minimum Gasteiger partial charge on any atom is -0.314 e. The highest BCUT2D eigenvalue weighted by Crippen LogP contribution is 2.49. The molecule has 0 saturated carbocycles. The fourth-order valence-corrected chi connectivity index (χ4v) is 3.65. The second-order valence-electron chi connectivity index (χ2n) is 5.42. The number of likely N-dealkylation sites (N-methyl/N-ethyl adjacent to an activating group) is 1. The molecular weight excluding hydrogens is 306 g/mol. The highest BCUT2D eigenvalue weighted by atomic mass is 79.9. The van der Waals surface area contributed by atoms with Crippen molar-refractivity contribution in [2.24, 2.45) is 0 Å². The lowest BCUT2D eigenvalue weighted by Crippen LogP contribution is -2.42. The zero-order chi connectivity index (χ0) is 13.8. The summed E-state index contributed by atoms with van der Waals surface area (Å²) in [6.07, 6.45) is 2.57. The summed E-state index contributed by atoms with van der Waals surface area (Å²) in [4.78, 5) is 26.3. The van der Waals surface area contributed by atoms with Gasteiger partial charge in [-0.3, -0.25) is 9.59 Å². The van der Waals surface area contributed by atoms with Gasteiger partial charge in [-0.25, -0.2) is 0 Å². The summed E-state index contributed by atoms with van der Waals surface area (Å²) in [5.41, 5.74) is 2.17. The van der Waals surface area contributed by atoms with E-state index in [4.69, 9.17) is 0 Å². The van der Waals surface area contributed by atoms with Gasteiger partial charge in [0.1, 0.15) is 0 Å². The van der Waals surface area contributed by atoms with Gasteiger partial charge in [0.05, 0.1) is 5.41 Å². The first-order chi connectivity index (χ1) is 8.94. The van der Waals surface area contributed by atoms with E-state index in [1.807, 2.05) is 25.1 Å². The molecule has 98 valence electrons. The van der Waals surface area contributed by atoms with Crippen molar-refractivity contribution in [1.82, 2.24) is 0 Å². The standard InChI is InChI=1S/C15H14BrNO2/c1-9-5-11(18)8-15(7-9)12-6-10(16)3-4-13(12)17(2)14(15)19/h3-6H,7-8H2,1-2H3/t15-/m0/s1. The second-order valence-corrected chi connectivity index (χ2v) is 6.33. The number of rotatable bonds is 0. The summed E-state index contributed by atoms with van der Waals surface area (Å²) in [7, 11) is 1.78. The van der Waals surface area contributed by atoms with E-state index in [0.29, 0.717) is 6.42 Å². The van der Waals surface area contributed by atoms with Gasteiger partial charge in [-0.15, -0.1) is 0 Å². The molecule has 1 spiro atoms. The van der Waals surface area contributed by atoms with Gasteiger partial charge in [0, 0.05) is 23.6 Å². The smallest absolute Gasteiger partial charge is 0.238 e. The number of fused-ring (bicyclic) bond motifs is 2. The third-order valence-electron chi connectivity index (χ3n) is 4.01. The average molecular weight is 320 g/mol. The van der Waals surface area contributed by atoms with E-state index in [0.717, 1.165) is 21.3 Å². The van der Waals surface area contributed by atoms with E-state index in [9.17, 15) is 9.59 Å². The molecule has 0 aromatic heterocycles. The van der Waals surface area contributed by atoms with Crippen LogP contribution in [0, 0.1) is 0 Å². The second kappa shape index (κ2) is 4.04. The van der Waals surface area contributed by atoms with Crippen LogP contribution in [0.5, 0.6) is 0 Å². The Bertz CT molecular complexity index is 635. The zero-order valence-corrected chi connectivity index (χ0v) is 12.5. The lowest BCUT2D eigenvalue weighted by atomic mass is 9.70. The van der Waals surface area contributed by atoms with Gasteiger partial charge in [-0.05, 0) is 43.2 Å². The van der Waals surface area contributed by atoms with Crippen molar-refractivity contribution in [3.8, 4) is 0 Å². The Morgan fingerprint density at radius 1 is 1.26 bits per heavy atom. The number of allylic oxidation sites excluding steroid dienone is 2. The largest absolute Gasteiger partial charge is 0.314 e. The fourth-order valence-electron chi connectivity index (χ4n) is 3.28. The Morgan fingerprint density at radius 2 is 2.00 bits per heavy atom. The average Bonchev–Trinajstić information content (AvgIpc) is 2.51. The van der Waals surface area contributed by atoms with Crippen LogP contribution in [0.4, 0.5) is 5.69 Å². The van der Waals surface area contributed by atoms with Crippen LogP contribution in [0.2, 0.25) is 0 Å². The first kappa shape index (κ1) is 12.6. The van der Waals surface area contributed by atoms with Crippen LogP contribution >= 0.6 is 15.9 Å². The van der Waals surface area contributed by atoms with Crippen LogP contribution in [-0.2, 0) is 15.0 Å². The molecule has 0 radical (unpaired) electrons. The first-order valence-electron chi connectivity index (χ1n) is 6.22. The molecule has 1 aliphatic heterocycles.